The van der Waals surface area contributed by atoms with Crippen molar-refractivity contribution >= 4 is 5.78 Å². The normalized spacial score (nSPS) is 19.0. The molecule has 160 valence electrons. The number of nitrogens with zero attached hydrogens (tertiary/aromatic N) is 1. The Morgan fingerprint density at radius 3 is 2.83 bits per heavy atom. The lowest BCUT2D eigenvalue weighted by Gasteiger charge is -2.32. The fourth-order valence-corrected chi connectivity index (χ4v) is 4.03. The van der Waals surface area contributed by atoms with Gasteiger partial charge in [-0.15, -0.1) is 0 Å². The van der Waals surface area contributed by atoms with Gasteiger partial charge in [-0.2, -0.15) is 13.2 Å². The minimum absolute atomic E-state index is 0.112. The Balaban J connectivity index is 1.47. The van der Waals surface area contributed by atoms with Crippen molar-refractivity contribution in [3.8, 4) is 17.2 Å². The summed E-state index contributed by atoms with van der Waals surface area (Å²) in [5, 5.41) is 0. The van der Waals surface area contributed by atoms with Crippen LogP contribution in [-0.4, -0.2) is 37.7 Å². The number of likely N-dealkylation sites (tertiary alicyclic amines) is 1. The topological polar surface area (TPSA) is 48.0 Å². The Kier molecular flexibility index (Phi) is 5.60. The largest absolute Gasteiger partial charge is 0.493 e. The van der Waals surface area contributed by atoms with E-state index in [9.17, 15) is 18.0 Å². The van der Waals surface area contributed by atoms with Crippen LogP contribution >= 0.6 is 0 Å². The van der Waals surface area contributed by atoms with Gasteiger partial charge in [-0.3, -0.25) is 9.69 Å². The molecule has 30 heavy (non-hydrogen) atoms. The summed E-state index contributed by atoms with van der Waals surface area (Å²) < 4.78 is 55.2. The maximum Gasteiger partial charge on any atom is 0.416 e. The van der Waals surface area contributed by atoms with E-state index in [0.717, 1.165) is 30.7 Å². The molecule has 2 heterocycles. The summed E-state index contributed by atoms with van der Waals surface area (Å²) in [5.74, 6) is 1.22. The second-order valence-electron chi connectivity index (χ2n) is 7.55. The van der Waals surface area contributed by atoms with Gasteiger partial charge in [0.15, 0.2) is 17.3 Å². The van der Waals surface area contributed by atoms with Crippen molar-refractivity contribution in [1.29, 1.82) is 0 Å². The summed E-state index contributed by atoms with van der Waals surface area (Å²) in [7, 11) is 1.56. The number of rotatable bonds is 5. The predicted octanol–water partition coefficient (Wildman–Crippen LogP) is 4.54. The number of Topliss-reactive ketones (excluding diaryl/α,β-unsaturated/α-hetero) is 1. The summed E-state index contributed by atoms with van der Waals surface area (Å²) in [6, 6.07) is 8.45. The van der Waals surface area contributed by atoms with Gasteiger partial charge in [-0.1, -0.05) is 12.1 Å². The zero-order valence-electron chi connectivity index (χ0n) is 16.5. The number of hydrogen-bond acceptors (Lipinski definition) is 5. The lowest BCUT2D eigenvalue weighted by molar-refractivity contribution is -0.137. The Morgan fingerprint density at radius 1 is 1.23 bits per heavy atom. The van der Waals surface area contributed by atoms with Crippen LogP contribution in [0.15, 0.2) is 36.4 Å². The van der Waals surface area contributed by atoms with Gasteiger partial charge in [0.1, 0.15) is 0 Å². The third-order valence-corrected chi connectivity index (χ3v) is 5.48. The van der Waals surface area contributed by atoms with Crippen molar-refractivity contribution in [3.63, 3.8) is 0 Å². The molecule has 0 aromatic heterocycles. The molecule has 4 rings (SSSR count). The van der Waals surface area contributed by atoms with Crippen LogP contribution in [0.2, 0.25) is 0 Å². The molecule has 1 fully saturated rings. The van der Waals surface area contributed by atoms with Gasteiger partial charge < -0.3 is 14.2 Å². The molecule has 1 saturated heterocycles. The average molecular weight is 421 g/mol. The van der Waals surface area contributed by atoms with Crippen LogP contribution < -0.4 is 14.2 Å². The highest BCUT2D eigenvalue weighted by molar-refractivity contribution is 5.98. The van der Waals surface area contributed by atoms with Gasteiger partial charge in [0.05, 0.1) is 12.7 Å². The van der Waals surface area contributed by atoms with E-state index in [0.29, 0.717) is 36.8 Å². The first-order valence-electron chi connectivity index (χ1n) is 9.75. The molecule has 1 unspecified atom stereocenters. The number of ketones is 1. The zero-order valence-corrected chi connectivity index (χ0v) is 16.5. The highest BCUT2D eigenvalue weighted by Crippen LogP contribution is 2.42. The molecule has 2 aromatic rings. The standard InChI is InChI=1S/C22H22F3NO4/c1-28-18-8-14(9-19-21(18)30-13-29-19)11-26-7-3-5-16(12-26)20(27)15-4-2-6-17(10-15)22(23,24)25/h2,4,6,8-10,16H,3,5,7,11-13H2,1H3. The van der Waals surface area contributed by atoms with Gasteiger partial charge in [0.2, 0.25) is 12.5 Å². The summed E-state index contributed by atoms with van der Waals surface area (Å²) in [5.41, 5.74) is 0.276. The van der Waals surface area contributed by atoms with Crippen LogP contribution in [0.3, 0.4) is 0 Å². The summed E-state index contributed by atoms with van der Waals surface area (Å²) in [6.45, 7) is 2.03. The van der Waals surface area contributed by atoms with Gasteiger partial charge in [-0.25, -0.2) is 0 Å². The average Bonchev–Trinajstić information content (AvgIpc) is 3.21. The highest BCUT2D eigenvalue weighted by Gasteiger charge is 2.32. The number of piperidine rings is 1. The smallest absolute Gasteiger partial charge is 0.416 e. The number of carbonyl (C=O) groups is 1. The molecular formula is C22H22F3NO4. The molecule has 0 amide bonds. The van der Waals surface area contributed by atoms with Crippen molar-refractivity contribution in [3.05, 3.63) is 53.1 Å². The summed E-state index contributed by atoms with van der Waals surface area (Å²) >= 11 is 0. The molecule has 8 heteroatoms. The minimum Gasteiger partial charge on any atom is -0.493 e. The van der Waals surface area contributed by atoms with Crippen LogP contribution in [0, 0.1) is 5.92 Å². The molecule has 0 aliphatic carbocycles. The minimum atomic E-state index is -4.46. The summed E-state index contributed by atoms with van der Waals surface area (Å²) in [4.78, 5) is 15.0. The van der Waals surface area contributed by atoms with Crippen LogP contribution in [0.5, 0.6) is 17.2 Å². The van der Waals surface area contributed by atoms with Crippen molar-refractivity contribution in [2.75, 3.05) is 27.0 Å². The van der Waals surface area contributed by atoms with Gasteiger partial charge in [0, 0.05) is 24.6 Å². The Morgan fingerprint density at radius 2 is 2.07 bits per heavy atom. The van der Waals surface area contributed by atoms with Crippen LogP contribution in [0.4, 0.5) is 13.2 Å². The van der Waals surface area contributed by atoms with Gasteiger partial charge >= 0.3 is 6.18 Å². The first-order valence-corrected chi connectivity index (χ1v) is 9.75. The first-order chi connectivity index (χ1) is 14.3. The fourth-order valence-electron chi connectivity index (χ4n) is 4.03. The molecule has 1 atom stereocenters. The maximum atomic E-state index is 13.0. The SMILES string of the molecule is COc1cc(CN2CCCC(C(=O)c3cccc(C(F)(F)F)c3)C2)cc2c1OCO2. The van der Waals surface area contributed by atoms with E-state index in [1.165, 1.54) is 12.1 Å². The number of halogens is 3. The second kappa shape index (κ2) is 8.18. The number of methoxy groups -OCH3 is 1. The monoisotopic (exact) mass is 421 g/mol. The molecule has 2 aromatic carbocycles. The lowest BCUT2D eigenvalue weighted by atomic mass is 9.89. The molecular weight excluding hydrogens is 399 g/mol. The van der Waals surface area contributed by atoms with Gasteiger partial charge in [-0.05, 0) is 49.2 Å². The van der Waals surface area contributed by atoms with Crippen molar-refractivity contribution in [2.24, 2.45) is 5.92 Å². The fraction of sp³-hybridized carbons (Fsp3) is 0.409. The van der Waals surface area contributed by atoms with E-state index in [1.54, 1.807) is 7.11 Å². The molecule has 0 spiro atoms. The van der Waals surface area contributed by atoms with E-state index >= 15 is 0 Å². The zero-order chi connectivity index (χ0) is 21.3. The van der Waals surface area contributed by atoms with Crippen LogP contribution in [0.25, 0.3) is 0 Å². The molecule has 5 nitrogen and oxygen atoms in total. The van der Waals surface area contributed by atoms with E-state index in [4.69, 9.17) is 14.2 Å². The Bertz CT molecular complexity index is 944. The van der Waals surface area contributed by atoms with Crippen molar-refractivity contribution in [2.45, 2.75) is 25.6 Å². The molecule has 2 aliphatic heterocycles. The third-order valence-electron chi connectivity index (χ3n) is 5.48. The molecule has 0 bridgehead atoms. The number of alkyl halides is 3. The highest BCUT2D eigenvalue weighted by atomic mass is 19.4. The number of carbonyl (C=O) groups excluding carboxylic acids is 1. The van der Waals surface area contributed by atoms with E-state index < -0.39 is 11.7 Å². The molecule has 0 radical (unpaired) electrons. The van der Waals surface area contributed by atoms with E-state index in [-0.39, 0.29) is 24.1 Å². The molecule has 0 saturated carbocycles. The maximum absolute atomic E-state index is 13.0. The predicted molar refractivity (Wildman–Crippen MR) is 103 cm³/mol. The number of hydrogen-bond donors (Lipinski definition) is 0. The first kappa shape index (κ1) is 20.5. The van der Waals surface area contributed by atoms with Crippen molar-refractivity contribution in [1.82, 2.24) is 4.90 Å². The second-order valence-corrected chi connectivity index (χ2v) is 7.55. The van der Waals surface area contributed by atoms with Gasteiger partial charge in [0.25, 0.3) is 0 Å². The number of fused-ring (bicyclic) bond motifs is 1. The van der Waals surface area contributed by atoms with Crippen LogP contribution in [-0.2, 0) is 12.7 Å². The number of ether oxygens (including phenoxy) is 3. The van der Waals surface area contributed by atoms with E-state index in [2.05, 4.69) is 4.90 Å². The van der Waals surface area contributed by atoms with Crippen LogP contribution in [0.1, 0.15) is 34.3 Å². The Hall–Kier alpha value is -2.74. The van der Waals surface area contributed by atoms with Crippen molar-refractivity contribution < 1.29 is 32.2 Å². The quantitative estimate of drug-likeness (QED) is 0.664. The van der Waals surface area contributed by atoms with E-state index in [1.807, 2.05) is 12.1 Å². The molecule has 2 aliphatic rings. The lowest BCUT2D eigenvalue weighted by Crippen LogP contribution is -2.38. The number of benzene rings is 2. The molecule has 0 N–H and O–H groups in total. The Labute approximate surface area is 172 Å². The third kappa shape index (κ3) is 4.23. The summed E-state index contributed by atoms with van der Waals surface area (Å²) in [6.07, 6.45) is -3.00.